The number of anilines is 1. The first kappa shape index (κ1) is 19.9. The Hall–Kier alpha value is -3.02. The molecule has 31 heavy (non-hydrogen) atoms. The van der Waals surface area contributed by atoms with Gasteiger partial charge in [0.2, 0.25) is 0 Å². The van der Waals surface area contributed by atoms with Crippen molar-refractivity contribution in [1.29, 1.82) is 0 Å². The van der Waals surface area contributed by atoms with Crippen molar-refractivity contribution in [3.63, 3.8) is 0 Å². The average molecular weight is 423 g/mol. The summed E-state index contributed by atoms with van der Waals surface area (Å²) in [4.78, 5) is 9.08. The normalized spacial score (nSPS) is 19.5. The van der Waals surface area contributed by atoms with Gasteiger partial charge in [0.1, 0.15) is 17.5 Å². The molecular formula is C23H23F2N5O. The van der Waals surface area contributed by atoms with Crippen LogP contribution >= 0.6 is 0 Å². The Bertz CT molecular complexity index is 1150. The highest BCUT2D eigenvalue weighted by Gasteiger charge is 2.30. The van der Waals surface area contributed by atoms with Crippen molar-refractivity contribution < 1.29 is 13.5 Å². The lowest BCUT2D eigenvalue weighted by atomic mass is 10.0. The van der Waals surface area contributed by atoms with E-state index in [-0.39, 0.29) is 6.04 Å². The van der Waals surface area contributed by atoms with E-state index in [2.05, 4.69) is 21.8 Å². The van der Waals surface area contributed by atoms with E-state index >= 15 is 0 Å². The number of aromatic nitrogens is 3. The molecule has 3 aromatic rings. The molecule has 1 unspecified atom stereocenters. The highest BCUT2D eigenvalue weighted by Crippen LogP contribution is 2.36. The van der Waals surface area contributed by atoms with Crippen LogP contribution in [0.5, 0.6) is 0 Å². The van der Waals surface area contributed by atoms with Gasteiger partial charge in [0, 0.05) is 31.4 Å². The standard InChI is InChI=1S/C23H23F2N5O/c24-18-5-6-20(25)19(15-18)21-4-2-9-29(21)22-7-10-30-23(27-22)17(16-26-30)3-1-8-28-11-13-31-14-12-28/h5-7,10,15-16,21H,2,4,8-9,11-14H2. The number of nitrogens with zero attached hydrogens (tertiary/aromatic N) is 5. The van der Waals surface area contributed by atoms with Crippen molar-refractivity contribution in [2.45, 2.75) is 18.9 Å². The van der Waals surface area contributed by atoms with Crippen molar-refractivity contribution in [2.24, 2.45) is 0 Å². The van der Waals surface area contributed by atoms with Gasteiger partial charge in [-0.2, -0.15) is 5.10 Å². The molecule has 160 valence electrons. The summed E-state index contributed by atoms with van der Waals surface area (Å²) in [6.45, 7) is 4.67. The smallest absolute Gasteiger partial charge is 0.172 e. The summed E-state index contributed by atoms with van der Waals surface area (Å²) in [6.07, 6.45) is 5.19. The van der Waals surface area contributed by atoms with Crippen LogP contribution in [0.4, 0.5) is 14.6 Å². The second-order valence-corrected chi connectivity index (χ2v) is 7.82. The zero-order valence-electron chi connectivity index (χ0n) is 17.1. The van der Waals surface area contributed by atoms with E-state index in [0.29, 0.717) is 17.8 Å². The molecule has 2 aliphatic rings. The number of halogens is 2. The zero-order valence-corrected chi connectivity index (χ0v) is 17.1. The minimum absolute atomic E-state index is 0.246. The van der Waals surface area contributed by atoms with Gasteiger partial charge < -0.3 is 9.64 Å². The Morgan fingerprint density at radius 2 is 2.00 bits per heavy atom. The Labute approximate surface area is 179 Å². The lowest BCUT2D eigenvalue weighted by molar-refractivity contribution is 0.0443. The maximum Gasteiger partial charge on any atom is 0.172 e. The predicted molar refractivity (Wildman–Crippen MR) is 113 cm³/mol. The fourth-order valence-corrected chi connectivity index (χ4v) is 4.25. The van der Waals surface area contributed by atoms with Crippen molar-refractivity contribution in [3.05, 3.63) is 59.4 Å². The van der Waals surface area contributed by atoms with Crippen LogP contribution in [0.3, 0.4) is 0 Å². The van der Waals surface area contributed by atoms with E-state index in [1.54, 1.807) is 10.7 Å². The number of benzene rings is 1. The van der Waals surface area contributed by atoms with Gasteiger partial charge in [0.05, 0.1) is 37.6 Å². The number of hydrogen-bond donors (Lipinski definition) is 0. The minimum atomic E-state index is -0.430. The molecule has 2 saturated heterocycles. The molecule has 4 heterocycles. The first-order valence-corrected chi connectivity index (χ1v) is 10.5. The lowest BCUT2D eigenvalue weighted by Crippen LogP contribution is -2.36. The monoisotopic (exact) mass is 423 g/mol. The van der Waals surface area contributed by atoms with Crippen molar-refractivity contribution in [3.8, 4) is 11.8 Å². The van der Waals surface area contributed by atoms with Gasteiger partial charge in [-0.3, -0.25) is 4.90 Å². The Kier molecular flexibility index (Phi) is 5.53. The molecular weight excluding hydrogens is 400 g/mol. The second kappa shape index (κ2) is 8.61. The van der Waals surface area contributed by atoms with Crippen LogP contribution in [0, 0.1) is 23.5 Å². The highest BCUT2D eigenvalue weighted by atomic mass is 19.1. The van der Waals surface area contributed by atoms with E-state index in [0.717, 1.165) is 63.1 Å². The molecule has 6 nitrogen and oxygen atoms in total. The second-order valence-electron chi connectivity index (χ2n) is 7.82. The van der Waals surface area contributed by atoms with Crippen LogP contribution in [0.1, 0.15) is 30.0 Å². The summed E-state index contributed by atoms with van der Waals surface area (Å²) in [5, 5.41) is 4.34. The van der Waals surface area contributed by atoms with E-state index in [1.807, 2.05) is 17.2 Å². The molecule has 5 rings (SSSR count). The molecule has 2 aromatic heterocycles. The van der Waals surface area contributed by atoms with E-state index in [4.69, 9.17) is 9.72 Å². The minimum Gasteiger partial charge on any atom is -0.379 e. The number of hydrogen-bond acceptors (Lipinski definition) is 5. The van der Waals surface area contributed by atoms with E-state index in [1.165, 1.54) is 12.1 Å². The molecule has 0 spiro atoms. The summed E-state index contributed by atoms with van der Waals surface area (Å²) in [5.41, 5.74) is 1.79. The molecule has 0 N–H and O–H groups in total. The van der Waals surface area contributed by atoms with Crippen molar-refractivity contribution in [1.82, 2.24) is 19.5 Å². The van der Waals surface area contributed by atoms with Crippen molar-refractivity contribution >= 4 is 11.5 Å². The number of morpholine rings is 1. The molecule has 2 fully saturated rings. The fourth-order valence-electron chi connectivity index (χ4n) is 4.25. The largest absolute Gasteiger partial charge is 0.379 e. The lowest BCUT2D eigenvalue weighted by Gasteiger charge is -2.26. The highest BCUT2D eigenvalue weighted by molar-refractivity contribution is 5.60. The third-order valence-corrected chi connectivity index (χ3v) is 5.85. The molecule has 2 aliphatic heterocycles. The predicted octanol–water partition coefficient (Wildman–Crippen LogP) is 3.03. The van der Waals surface area contributed by atoms with Gasteiger partial charge in [-0.25, -0.2) is 18.3 Å². The number of ether oxygens (including phenoxy) is 1. The van der Waals surface area contributed by atoms with Crippen LogP contribution in [0.15, 0.2) is 36.7 Å². The first-order valence-electron chi connectivity index (χ1n) is 10.5. The number of fused-ring (bicyclic) bond motifs is 1. The van der Waals surface area contributed by atoms with Gasteiger partial charge in [-0.05, 0) is 37.1 Å². The quantitative estimate of drug-likeness (QED) is 0.606. The van der Waals surface area contributed by atoms with Gasteiger partial charge in [-0.15, -0.1) is 0 Å². The maximum atomic E-state index is 14.4. The summed E-state index contributed by atoms with van der Waals surface area (Å²) in [5.74, 6) is 6.29. The Morgan fingerprint density at radius 1 is 1.13 bits per heavy atom. The van der Waals surface area contributed by atoms with E-state index < -0.39 is 11.6 Å². The SMILES string of the molecule is Fc1ccc(F)c(C2CCCN2c2ccn3ncc(C#CCN4CCOCC4)c3n2)c1. The summed E-state index contributed by atoms with van der Waals surface area (Å²) >= 11 is 0. The third-order valence-electron chi connectivity index (χ3n) is 5.85. The molecule has 0 radical (unpaired) electrons. The summed E-state index contributed by atoms with van der Waals surface area (Å²) < 4.78 is 35.2. The van der Waals surface area contributed by atoms with Gasteiger partial charge in [0.25, 0.3) is 0 Å². The van der Waals surface area contributed by atoms with Crippen molar-refractivity contribution in [2.75, 3.05) is 44.3 Å². The van der Waals surface area contributed by atoms with Crippen LogP contribution < -0.4 is 4.90 Å². The van der Waals surface area contributed by atoms with Gasteiger partial charge in [-0.1, -0.05) is 11.8 Å². The Balaban J connectivity index is 1.41. The van der Waals surface area contributed by atoms with Gasteiger partial charge >= 0.3 is 0 Å². The molecule has 1 aromatic carbocycles. The fraction of sp³-hybridized carbons (Fsp3) is 0.391. The zero-order chi connectivity index (χ0) is 21.2. The third kappa shape index (κ3) is 4.11. The molecule has 1 atom stereocenters. The topological polar surface area (TPSA) is 45.9 Å². The molecule has 0 saturated carbocycles. The number of rotatable bonds is 3. The molecule has 0 amide bonds. The average Bonchev–Trinajstić information content (AvgIpc) is 3.43. The van der Waals surface area contributed by atoms with Gasteiger partial charge in [0.15, 0.2) is 5.65 Å². The van der Waals surface area contributed by atoms with Crippen LogP contribution in [-0.4, -0.2) is 58.9 Å². The van der Waals surface area contributed by atoms with Crippen LogP contribution in [0.25, 0.3) is 5.65 Å². The molecule has 0 aliphatic carbocycles. The molecule has 8 heteroatoms. The van der Waals surface area contributed by atoms with E-state index in [9.17, 15) is 8.78 Å². The maximum absolute atomic E-state index is 14.4. The Morgan fingerprint density at radius 3 is 2.87 bits per heavy atom. The summed E-state index contributed by atoms with van der Waals surface area (Å²) in [6, 6.07) is 5.25. The van der Waals surface area contributed by atoms with Crippen LogP contribution in [0.2, 0.25) is 0 Å². The van der Waals surface area contributed by atoms with Crippen LogP contribution in [-0.2, 0) is 4.74 Å². The summed E-state index contributed by atoms with van der Waals surface area (Å²) in [7, 11) is 0. The molecule has 0 bridgehead atoms. The first-order chi connectivity index (χ1) is 15.2.